The molecule has 0 radical (unpaired) electrons. The van der Waals surface area contributed by atoms with E-state index in [1.54, 1.807) is 24.4 Å². The number of nitrogens with two attached hydrogens (primary N) is 2. The summed E-state index contributed by atoms with van der Waals surface area (Å²) in [4.78, 5) is 2.99. The zero-order valence-corrected chi connectivity index (χ0v) is 6.46. The normalized spacial score (nSPS) is 19.3. The average Bonchev–Trinajstić information content (AvgIpc) is 2.45. The molecule has 0 spiro atoms. The Morgan fingerprint density at radius 3 is 2.92 bits per heavy atom. The number of hydrogen-bond donors (Lipinski definition) is 4. The van der Waals surface area contributed by atoms with Crippen LogP contribution in [0.1, 0.15) is 11.3 Å². The summed E-state index contributed by atoms with van der Waals surface area (Å²) in [6.45, 7) is 0. The van der Waals surface area contributed by atoms with Gasteiger partial charge < -0.3 is 21.9 Å². The first-order valence-corrected chi connectivity index (χ1v) is 3.65. The molecule has 1 aliphatic rings. The lowest BCUT2D eigenvalue weighted by molar-refractivity contribution is 0.734. The van der Waals surface area contributed by atoms with Gasteiger partial charge in [0.2, 0.25) is 0 Å². The zero-order valence-electron chi connectivity index (χ0n) is 6.46. The van der Waals surface area contributed by atoms with E-state index in [9.17, 15) is 0 Å². The van der Waals surface area contributed by atoms with Crippen LogP contribution in [0.25, 0.3) is 6.08 Å². The summed E-state index contributed by atoms with van der Waals surface area (Å²) in [7, 11) is 0. The Hall–Kier alpha value is -1.39. The second kappa shape index (κ2) is 2.06. The van der Waals surface area contributed by atoms with Crippen LogP contribution < -0.4 is 11.5 Å². The van der Waals surface area contributed by atoms with E-state index in [1.807, 2.05) is 0 Å². The minimum Gasteiger partial charge on any atom is -0.361 e. The van der Waals surface area contributed by atoms with Crippen LogP contribution in [0.3, 0.4) is 0 Å². The summed E-state index contributed by atoms with van der Waals surface area (Å²) in [6, 6.07) is 1.80. The standard InChI is InChI=1S/C8H10N4/c9-7-5-2-4-12-6(5)1-3-8(7,10)11/h1-4,9,12H,10-11H2. The lowest BCUT2D eigenvalue weighted by Crippen LogP contribution is -2.55. The molecular formula is C8H10N4. The maximum absolute atomic E-state index is 7.67. The molecule has 0 aliphatic heterocycles. The van der Waals surface area contributed by atoms with Crippen molar-refractivity contribution < 1.29 is 0 Å². The van der Waals surface area contributed by atoms with Crippen LogP contribution in [0.15, 0.2) is 18.3 Å². The third-order valence-corrected chi connectivity index (χ3v) is 2.01. The molecule has 0 aromatic carbocycles. The topological polar surface area (TPSA) is 91.7 Å². The van der Waals surface area contributed by atoms with E-state index in [4.69, 9.17) is 16.9 Å². The minimum atomic E-state index is -1.12. The molecule has 6 N–H and O–H groups in total. The Labute approximate surface area is 69.8 Å². The molecule has 4 nitrogen and oxygen atoms in total. The van der Waals surface area contributed by atoms with Crippen molar-refractivity contribution in [1.82, 2.24) is 4.98 Å². The number of aromatic amines is 1. The number of hydrogen-bond acceptors (Lipinski definition) is 3. The molecule has 0 unspecified atom stereocenters. The number of rotatable bonds is 0. The van der Waals surface area contributed by atoms with Crippen LogP contribution in [0.5, 0.6) is 0 Å². The molecule has 1 aromatic heterocycles. The fraction of sp³-hybridized carbons (Fsp3) is 0.125. The Bertz CT molecular complexity index is 359. The predicted molar refractivity (Wildman–Crippen MR) is 47.8 cm³/mol. The van der Waals surface area contributed by atoms with Crippen molar-refractivity contribution in [3.63, 3.8) is 0 Å². The van der Waals surface area contributed by atoms with Crippen LogP contribution in [0.2, 0.25) is 0 Å². The van der Waals surface area contributed by atoms with Crippen molar-refractivity contribution in [1.29, 1.82) is 5.41 Å². The summed E-state index contributed by atoms with van der Waals surface area (Å²) in [5, 5.41) is 7.67. The first-order valence-electron chi connectivity index (χ1n) is 3.65. The molecule has 0 saturated heterocycles. The quantitative estimate of drug-likeness (QED) is 0.405. The second-order valence-corrected chi connectivity index (χ2v) is 2.95. The van der Waals surface area contributed by atoms with Gasteiger partial charge in [-0.05, 0) is 18.2 Å². The smallest absolute Gasteiger partial charge is 0.127 e. The maximum Gasteiger partial charge on any atom is 0.127 e. The Morgan fingerprint density at radius 1 is 1.42 bits per heavy atom. The molecule has 4 heteroatoms. The Balaban J connectivity index is 2.60. The fourth-order valence-electron chi connectivity index (χ4n) is 1.28. The van der Waals surface area contributed by atoms with Crippen molar-refractivity contribution >= 4 is 11.8 Å². The largest absolute Gasteiger partial charge is 0.361 e. The van der Waals surface area contributed by atoms with Crippen molar-refractivity contribution in [3.05, 3.63) is 29.6 Å². The molecular weight excluding hydrogens is 152 g/mol. The summed E-state index contributed by atoms with van der Waals surface area (Å²) < 4.78 is 0. The van der Waals surface area contributed by atoms with Crippen LogP contribution in [0.4, 0.5) is 0 Å². The highest BCUT2D eigenvalue weighted by Gasteiger charge is 2.28. The number of aromatic nitrogens is 1. The number of H-pyrrole nitrogens is 1. The maximum atomic E-state index is 7.67. The summed E-state index contributed by atoms with van der Waals surface area (Å²) >= 11 is 0. The van der Waals surface area contributed by atoms with E-state index in [1.165, 1.54) is 0 Å². The van der Waals surface area contributed by atoms with Crippen molar-refractivity contribution in [2.45, 2.75) is 5.66 Å². The third kappa shape index (κ3) is 0.823. The SMILES string of the molecule is N=C1c2cc[nH]c2C=CC1(N)N. The summed E-state index contributed by atoms with van der Waals surface area (Å²) in [6.07, 6.45) is 5.19. The molecule has 0 amide bonds. The van der Waals surface area contributed by atoms with E-state index in [0.29, 0.717) is 0 Å². The third-order valence-electron chi connectivity index (χ3n) is 2.01. The van der Waals surface area contributed by atoms with Crippen molar-refractivity contribution in [2.24, 2.45) is 11.5 Å². The first-order chi connectivity index (χ1) is 5.61. The Kier molecular flexibility index (Phi) is 1.25. The summed E-state index contributed by atoms with van der Waals surface area (Å²) in [5.41, 5.74) is 12.1. The average molecular weight is 162 g/mol. The molecule has 0 fully saturated rings. The lowest BCUT2D eigenvalue weighted by Gasteiger charge is -2.24. The lowest BCUT2D eigenvalue weighted by atomic mass is 9.93. The van der Waals surface area contributed by atoms with Gasteiger partial charge in [0, 0.05) is 17.5 Å². The van der Waals surface area contributed by atoms with Gasteiger partial charge in [0.15, 0.2) is 0 Å². The highest BCUT2D eigenvalue weighted by Crippen LogP contribution is 2.19. The molecule has 0 atom stereocenters. The number of fused-ring (bicyclic) bond motifs is 1. The second-order valence-electron chi connectivity index (χ2n) is 2.95. The van der Waals surface area contributed by atoms with E-state index < -0.39 is 5.66 Å². The molecule has 62 valence electrons. The molecule has 12 heavy (non-hydrogen) atoms. The van der Waals surface area contributed by atoms with Crippen LogP contribution in [-0.4, -0.2) is 16.4 Å². The van der Waals surface area contributed by atoms with E-state index >= 15 is 0 Å². The van der Waals surface area contributed by atoms with Gasteiger partial charge in [-0.25, -0.2) is 0 Å². The van der Waals surface area contributed by atoms with Crippen molar-refractivity contribution in [3.8, 4) is 0 Å². The van der Waals surface area contributed by atoms with Gasteiger partial charge in [0.25, 0.3) is 0 Å². The van der Waals surface area contributed by atoms with Gasteiger partial charge in [0.1, 0.15) is 5.66 Å². The van der Waals surface area contributed by atoms with Gasteiger partial charge >= 0.3 is 0 Å². The first kappa shape index (κ1) is 7.27. The molecule has 1 aromatic rings. The molecule has 0 saturated carbocycles. The van der Waals surface area contributed by atoms with Gasteiger partial charge in [-0.1, -0.05) is 0 Å². The van der Waals surface area contributed by atoms with Gasteiger partial charge in [-0.15, -0.1) is 0 Å². The molecule has 1 heterocycles. The zero-order chi connectivity index (χ0) is 8.77. The van der Waals surface area contributed by atoms with Gasteiger partial charge in [0.05, 0.1) is 5.71 Å². The van der Waals surface area contributed by atoms with Gasteiger partial charge in [-0.3, -0.25) is 0 Å². The van der Waals surface area contributed by atoms with Crippen LogP contribution in [-0.2, 0) is 0 Å². The van der Waals surface area contributed by atoms with Crippen LogP contribution >= 0.6 is 0 Å². The van der Waals surface area contributed by atoms with E-state index in [2.05, 4.69) is 4.98 Å². The van der Waals surface area contributed by atoms with Crippen LogP contribution in [0, 0.1) is 5.41 Å². The highest BCUT2D eigenvalue weighted by molar-refractivity contribution is 6.10. The van der Waals surface area contributed by atoms with Crippen molar-refractivity contribution in [2.75, 3.05) is 0 Å². The molecule has 0 bridgehead atoms. The van der Waals surface area contributed by atoms with E-state index in [-0.39, 0.29) is 5.71 Å². The summed E-state index contributed by atoms with van der Waals surface area (Å²) in [5.74, 6) is 0. The monoisotopic (exact) mass is 162 g/mol. The van der Waals surface area contributed by atoms with E-state index in [0.717, 1.165) is 11.3 Å². The number of nitrogens with one attached hydrogen (secondary N) is 2. The molecule has 2 rings (SSSR count). The fourth-order valence-corrected chi connectivity index (χ4v) is 1.28. The highest BCUT2D eigenvalue weighted by atomic mass is 15.0. The minimum absolute atomic E-state index is 0.251. The van der Waals surface area contributed by atoms with Gasteiger partial charge in [-0.2, -0.15) is 0 Å². The predicted octanol–water partition coefficient (Wildman–Crippen LogP) is 0.0231. The molecule has 1 aliphatic carbocycles. The Morgan fingerprint density at radius 2 is 2.17 bits per heavy atom.